The maximum atomic E-state index is 12.8. The van der Waals surface area contributed by atoms with E-state index in [-0.39, 0.29) is 23.0 Å². The van der Waals surface area contributed by atoms with Gasteiger partial charge in [-0.1, -0.05) is 12.1 Å². The molecule has 0 unspecified atom stereocenters. The molecule has 1 saturated heterocycles. The van der Waals surface area contributed by atoms with E-state index in [9.17, 15) is 14.4 Å². The van der Waals surface area contributed by atoms with Gasteiger partial charge in [0, 0.05) is 31.9 Å². The summed E-state index contributed by atoms with van der Waals surface area (Å²) in [6, 6.07) is 11.7. The van der Waals surface area contributed by atoms with Crippen LogP contribution in [0.15, 0.2) is 62.9 Å². The third-order valence-corrected chi connectivity index (χ3v) is 6.22. The highest BCUT2D eigenvalue weighted by Gasteiger charge is 2.26. The van der Waals surface area contributed by atoms with Crippen LogP contribution in [0, 0.1) is 5.92 Å². The van der Waals surface area contributed by atoms with Crippen molar-refractivity contribution in [1.82, 2.24) is 15.2 Å². The Balaban J connectivity index is 1.33. The molecule has 2 aromatic heterocycles. The van der Waals surface area contributed by atoms with Crippen molar-refractivity contribution >= 4 is 34.5 Å². The molecule has 0 radical (unpaired) electrons. The predicted molar refractivity (Wildman–Crippen MR) is 119 cm³/mol. The third-order valence-electron chi connectivity index (χ3n) is 5.51. The van der Waals surface area contributed by atoms with Crippen molar-refractivity contribution in [1.29, 1.82) is 0 Å². The first-order valence-corrected chi connectivity index (χ1v) is 11.4. The first-order chi connectivity index (χ1) is 15.1. The summed E-state index contributed by atoms with van der Waals surface area (Å²) in [6.45, 7) is 1.74. The summed E-state index contributed by atoms with van der Waals surface area (Å²) in [4.78, 5) is 43.6. The number of benzene rings is 1. The molecule has 0 atom stereocenters. The number of thioether (sulfide) groups is 1. The molecule has 0 aliphatic carbocycles. The number of aromatic nitrogens is 1. The zero-order valence-electron chi connectivity index (χ0n) is 17.2. The van der Waals surface area contributed by atoms with E-state index < -0.39 is 5.91 Å². The molecule has 31 heavy (non-hydrogen) atoms. The molecule has 1 fully saturated rings. The van der Waals surface area contributed by atoms with Gasteiger partial charge in [0.05, 0.1) is 10.9 Å². The van der Waals surface area contributed by atoms with Crippen LogP contribution in [0.25, 0.3) is 11.0 Å². The monoisotopic (exact) mass is 437 g/mol. The fourth-order valence-electron chi connectivity index (χ4n) is 3.77. The third kappa shape index (κ3) is 4.64. The number of hydrogen-bond donors (Lipinski definition) is 1. The Morgan fingerprint density at radius 1 is 1.19 bits per heavy atom. The van der Waals surface area contributed by atoms with Crippen molar-refractivity contribution < 1.29 is 14.0 Å². The number of pyridine rings is 1. The molecule has 3 heterocycles. The van der Waals surface area contributed by atoms with Gasteiger partial charge < -0.3 is 14.6 Å². The normalized spacial score (nSPS) is 14.5. The van der Waals surface area contributed by atoms with E-state index >= 15 is 0 Å². The lowest BCUT2D eigenvalue weighted by molar-refractivity contribution is 0.0679. The van der Waals surface area contributed by atoms with Gasteiger partial charge in [-0.25, -0.2) is 4.98 Å². The Hall–Kier alpha value is -3.13. The zero-order chi connectivity index (χ0) is 21.8. The van der Waals surface area contributed by atoms with Crippen molar-refractivity contribution in [3.05, 3.63) is 70.2 Å². The maximum Gasteiger partial charge on any atom is 0.287 e. The van der Waals surface area contributed by atoms with E-state index in [0.29, 0.717) is 36.2 Å². The maximum absolute atomic E-state index is 12.8. The van der Waals surface area contributed by atoms with E-state index in [1.807, 2.05) is 17.2 Å². The van der Waals surface area contributed by atoms with Gasteiger partial charge in [-0.3, -0.25) is 14.4 Å². The summed E-state index contributed by atoms with van der Waals surface area (Å²) in [5.74, 6) is -0.134. The van der Waals surface area contributed by atoms with Gasteiger partial charge in [0.15, 0.2) is 11.2 Å². The Morgan fingerprint density at radius 3 is 2.74 bits per heavy atom. The van der Waals surface area contributed by atoms with Crippen LogP contribution in [0.4, 0.5) is 0 Å². The second-order valence-corrected chi connectivity index (χ2v) is 8.27. The number of para-hydroxylation sites is 1. The van der Waals surface area contributed by atoms with Crippen LogP contribution in [0.3, 0.4) is 0 Å². The number of piperidine rings is 1. The molecular formula is C23H23N3O4S. The van der Waals surface area contributed by atoms with Crippen molar-refractivity contribution in [2.24, 2.45) is 5.92 Å². The SMILES string of the molecule is CSc1ncccc1C(=O)N1CCC(CNC(=O)c2cc(=O)c3ccccc3o2)CC1. The molecule has 8 heteroatoms. The first kappa shape index (κ1) is 21.1. The molecule has 1 aliphatic rings. The van der Waals surface area contributed by atoms with Crippen molar-refractivity contribution in [3.8, 4) is 0 Å². The first-order valence-electron chi connectivity index (χ1n) is 10.2. The fraction of sp³-hybridized carbons (Fsp3) is 0.304. The van der Waals surface area contributed by atoms with Crippen molar-refractivity contribution in [2.75, 3.05) is 25.9 Å². The molecule has 1 N–H and O–H groups in total. The Bertz CT molecular complexity index is 1170. The van der Waals surface area contributed by atoms with Crippen LogP contribution in [0.1, 0.15) is 33.8 Å². The second kappa shape index (κ2) is 9.34. The van der Waals surface area contributed by atoms with Gasteiger partial charge in [-0.05, 0) is 49.3 Å². The summed E-state index contributed by atoms with van der Waals surface area (Å²) >= 11 is 1.46. The van der Waals surface area contributed by atoms with Gasteiger partial charge in [0.25, 0.3) is 11.8 Å². The quantitative estimate of drug-likeness (QED) is 0.617. The molecule has 2 amide bonds. The number of amides is 2. The summed E-state index contributed by atoms with van der Waals surface area (Å²) in [5, 5.41) is 4.05. The zero-order valence-corrected chi connectivity index (χ0v) is 18.0. The lowest BCUT2D eigenvalue weighted by atomic mass is 9.96. The number of carbonyl (C=O) groups excluding carboxylic acids is 2. The Morgan fingerprint density at radius 2 is 1.97 bits per heavy atom. The van der Waals surface area contributed by atoms with Gasteiger partial charge in [-0.15, -0.1) is 11.8 Å². The Labute approximate surface area is 183 Å². The number of nitrogens with one attached hydrogen (secondary N) is 1. The van der Waals surface area contributed by atoms with Crippen LogP contribution in [-0.2, 0) is 0 Å². The molecule has 0 spiro atoms. The Kier molecular flexibility index (Phi) is 6.36. The molecule has 7 nitrogen and oxygen atoms in total. The minimum atomic E-state index is -0.402. The van der Waals surface area contributed by atoms with E-state index in [4.69, 9.17) is 4.42 Å². The number of hydrogen-bond acceptors (Lipinski definition) is 6. The van der Waals surface area contributed by atoms with E-state index in [0.717, 1.165) is 17.9 Å². The number of fused-ring (bicyclic) bond motifs is 1. The van der Waals surface area contributed by atoms with Crippen LogP contribution < -0.4 is 10.7 Å². The van der Waals surface area contributed by atoms with E-state index in [1.54, 1.807) is 36.5 Å². The van der Waals surface area contributed by atoms with Crippen LogP contribution >= 0.6 is 11.8 Å². The molecule has 160 valence electrons. The van der Waals surface area contributed by atoms with Crippen molar-refractivity contribution in [3.63, 3.8) is 0 Å². The van der Waals surface area contributed by atoms with E-state index in [2.05, 4.69) is 10.3 Å². The van der Waals surface area contributed by atoms with Gasteiger partial charge in [0.2, 0.25) is 0 Å². The number of rotatable bonds is 5. The predicted octanol–water partition coefficient (Wildman–Crippen LogP) is 3.19. The average Bonchev–Trinajstić information content (AvgIpc) is 2.82. The molecular weight excluding hydrogens is 414 g/mol. The summed E-state index contributed by atoms with van der Waals surface area (Å²) in [5.41, 5.74) is 0.791. The van der Waals surface area contributed by atoms with E-state index in [1.165, 1.54) is 17.8 Å². The van der Waals surface area contributed by atoms with Gasteiger partial charge in [0.1, 0.15) is 10.6 Å². The number of nitrogens with zero attached hydrogens (tertiary/aromatic N) is 2. The highest BCUT2D eigenvalue weighted by molar-refractivity contribution is 7.98. The number of likely N-dealkylation sites (tertiary alicyclic amines) is 1. The molecule has 4 rings (SSSR count). The highest BCUT2D eigenvalue weighted by Crippen LogP contribution is 2.23. The smallest absolute Gasteiger partial charge is 0.287 e. The molecule has 0 bridgehead atoms. The molecule has 1 aliphatic heterocycles. The fourth-order valence-corrected chi connectivity index (χ4v) is 4.31. The van der Waals surface area contributed by atoms with Crippen molar-refractivity contribution in [2.45, 2.75) is 17.9 Å². The summed E-state index contributed by atoms with van der Waals surface area (Å²) in [6.07, 6.45) is 5.19. The minimum absolute atomic E-state index is 0.00197. The minimum Gasteiger partial charge on any atom is -0.451 e. The highest BCUT2D eigenvalue weighted by atomic mass is 32.2. The number of carbonyl (C=O) groups is 2. The molecule has 3 aromatic rings. The lowest BCUT2D eigenvalue weighted by Gasteiger charge is -2.32. The molecule has 1 aromatic carbocycles. The van der Waals surface area contributed by atoms with Crippen LogP contribution in [-0.4, -0.2) is 47.6 Å². The van der Waals surface area contributed by atoms with Gasteiger partial charge >= 0.3 is 0 Å². The largest absolute Gasteiger partial charge is 0.451 e. The van der Waals surface area contributed by atoms with Gasteiger partial charge in [-0.2, -0.15) is 0 Å². The summed E-state index contributed by atoms with van der Waals surface area (Å²) in [7, 11) is 0. The average molecular weight is 438 g/mol. The van der Waals surface area contributed by atoms with Crippen LogP contribution in [0.2, 0.25) is 0 Å². The molecule has 0 saturated carbocycles. The lowest BCUT2D eigenvalue weighted by Crippen LogP contribution is -2.41. The van der Waals surface area contributed by atoms with Crippen LogP contribution in [0.5, 0.6) is 0 Å². The standard InChI is InChI=1S/C23H23N3O4S/c1-31-22-17(6-4-10-24-22)23(29)26-11-8-15(9-12-26)14-25-21(28)20-13-18(27)16-5-2-3-7-19(16)30-20/h2-7,10,13,15H,8-9,11-12,14H2,1H3,(H,25,28). The summed E-state index contributed by atoms with van der Waals surface area (Å²) < 4.78 is 5.59. The topological polar surface area (TPSA) is 92.5 Å². The second-order valence-electron chi connectivity index (χ2n) is 7.48.